The van der Waals surface area contributed by atoms with Crippen molar-refractivity contribution in [1.82, 2.24) is 9.55 Å². The van der Waals surface area contributed by atoms with Gasteiger partial charge in [-0.3, -0.25) is 4.79 Å². The molecule has 1 aliphatic carbocycles. The van der Waals surface area contributed by atoms with Gasteiger partial charge in [-0.2, -0.15) is 0 Å². The second-order valence-corrected chi connectivity index (χ2v) is 5.21. The normalized spacial score (nSPS) is 21.3. The van der Waals surface area contributed by atoms with E-state index in [1.54, 1.807) is 12.5 Å². The Labute approximate surface area is 111 Å². The molecule has 4 nitrogen and oxygen atoms in total. The van der Waals surface area contributed by atoms with Crippen molar-refractivity contribution in [2.45, 2.75) is 25.8 Å². The summed E-state index contributed by atoms with van der Waals surface area (Å²) >= 11 is 0. The van der Waals surface area contributed by atoms with E-state index in [1.807, 2.05) is 10.8 Å². The summed E-state index contributed by atoms with van der Waals surface area (Å²) in [7, 11) is 0. The number of rotatable bonds is 4. The highest BCUT2D eigenvalue weighted by molar-refractivity contribution is 5.75. The summed E-state index contributed by atoms with van der Waals surface area (Å²) in [5.41, 5.74) is 3.58. The Kier molecular flexibility index (Phi) is 2.85. The fourth-order valence-corrected chi connectivity index (χ4v) is 2.65. The van der Waals surface area contributed by atoms with E-state index in [-0.39, 0.29) is 11.8 Å². The molecule has 3 rings (SSSR count). The Hall–Kier alpha value is -2.10. The average Bonchev–Trinajstić information content (AvgIpc) is 3.00. The van der Waals surface area contributed by atoms with Gasteiger partial charge in [-0.25, -0.2) is 4.98 Å². The van der Waals surface area contributed by atoms with Crippen molar-refractivity contribution >= 4 is 5.97 Å². The van der Waals surface area contributed by atoms with Crippen LogP contribution >= 0.6 is 0 Å². The highest BCUT2D eigenvalue weighted by atomic mass is 16.4. The number of aliphatic carboxylic acids is 1. The Morgan fingerprint density at radius 3 is 2.95 bits per heavy atom. The summed E-state index contributed by atoms with van der Waals surface area (Å²) in [5.74, 6) is -0.648. The standard InChI is InChI=1S/C15H16N2O2/c1-10-6-11(8-17-5-4-16-9-17)2-3-12(10)13-7-14(13)15(18)19/h2-6,9,13-14H,7-8H2,1H3,(H,18,19)/t13-,14+/m0/s1. The molecule has 4 heteroatoms. The van der Waals surface area contributed by atoms with Crippen LogP contribution in [-0.4, -0.2) is 20.6 Å². The van der Waals surface area contributed by atoms with Crippen LogP contribution in [0.5, 0.6) is 0 Å². The lowest BCUT2D eigenvalue weighted by Crippen LogP contribution is -2.01. The maximum absolute atomic E-state index is 10.9. The van der Waals surface area contributed by atoms with Gasteiger partial charge in [0.05, 0.1) is 12.2 Å². The molecule has 1 N–H and O–H groups in total. The van der Waals surface area contributed by atoms with Crippen LogP contribution in [0.15, 0.2) is 36.9 Å². The van der Waals surface area contributed by atoms with E-state index in [4.69, 9.17) is 5.11 Å². The highest BCUT2D eigenvalue weighted by Gasteiger charge is 2.44. The van der Waals surface area contributed by atoms with Crippen molar-refractivity contribution in [3.05, 3.63) is 53.6 Å². The Bertz CT molecular complexity index is 605. The molecule has 2 aromatic rings. The van der Waals surface area contributed by atoms with Crippen molar-refractivity contribution in [2.24, 2.45) is 5.92 Å². The first kappa shape index (κ1) is 12.0. The monoisotopic (exact) mass is 256 g/mol. The molecule has 2 atom stereocenters. The van der Waals surface area contributed by atoms with E-state index >= 15 is 0 Å². The number of aromatic nitrogens is 2. The minimum absolute atomic E-state index is 0.182. The van der Waals surface area contributed by atoms with Crippen LogP contribution in [0.1, 0.15) is 29.0 Å². The van der Waals surface area contributed by atoms with Crippen LogP contribution in [0, 0.1) is 12.8 Å². The van der Waals surface area contributed by atoms with Crippen molar-refractivity contribution in [3.63, 3.8) is 0 Å². The molecule has 1 fully saturated rings. The van der Waals surface area contributed by atoms with Crippen LogP contribution in [0.2, 0.25) is 0 Å². The molecular weight excluding hydrogens is 240 g/mol. The van der Waals surface area contributed by atoms with Gasteiger partial charge in [0.25, 0.3) is 0 Å². The number of carboxylic acids is 1. The summed E-state index contributed by atoms with van der Waals surface area (Å²) in [4.78, 5) is 14.9. The molecule has 1 aromatic carbocycles. The molecule has 1 aliphatic rings. The summed E-state index contributed by atoms with van der Waals surface area (Å²) in [5, 5.41) is 8.99. The Morgan fingerprint density at radius 1 is 1.53 bits per heavy atom. The predicted octanol–water partition coefficient (Wildman–Crippen LogP) is 2.43. The highest BCUT2D eigenvalue weighted by Crippen LogP contribution is 2.48. The zero-order valence-corrected chi connectivity index (χ0v) is 10.8. The topological polar surface area (TPSA) is 55.1 Å². The number of hydrogen-bond donors (Lipinski definition) is 1. The summed E-state index contributed by atoms with van der Waals surface area (Å²) in [6, 6.07) is 6.31. The summed E-state index contributed by atoms with van der Waals surface area (Å²) in [6.45, 7) is 2.86. The third-order valence-corrected chi connectivity index (χ3v) is 3.77. The minimum atomic E-state index is -0.674. The third kappa shape index (κ3) is 2.38. The van der Waals surface area contributed by atoms with E-state index in [0.29, 0.717) is 0 Å². The van der Waals surface area contributed by atoms with Crippen LogP contribution in [-0.2, 0) is 11.3 Å². The number of imidazole rings is 1. The van der Waals surface area contributed by atoms with E-state index in [2.05, 4.69) is 30.1 Å². The van der Waals surface area contributed by atoms with Crippen LogP contribution in [0.4, 0.5) is 0 Å². The van der Waals surface area contributed by atoms with Crippen LogP contribution in [0.25, 0.3) is 0 Å². The molecule has 1 aromatic heterocycles. The van der Waals surface area contributed by atoms with Crippen LogP contribution in [0.3, 0.4) is 0 Å². The van der Waals surface area contributed by atoms with E-state index in [9.17, 15) is 4.79 Å². The first-order valence-corrected chi connectivity index (χ1v) is 6.43. The number of benzene rings is 1. The van der Waals surface area contributed by atoms with Gasteiger partial charge in [0, 0.05) is 18.9 Å². The fourth-order valence-electron chi connectivity index (χ4n) is 2.65. The number of carbonyl (C=O) groups is 1. The molecule has 1 heterocycles. The van der Waals surface area contributed by atoms with Crippen molar-refractivity contribution in [2.75, 3.05) is 0 Å². The maximum atomic E-state index is 10.9. The zero-order valence-electron chi connectivity index (χ0n) is 10.8. The maximum Gasteiger partial charge on any atom is 0.307 e. The second-order valence-electron chi connectivity index (χ2n) is 5.21. The van der Waals surface area contributed by atoms with Gasteiger partial charge >= 0.3 is 5.97 Å². The van der Waals surface area contributed by atoms with Gasteiger partial charge < -0.3 is 9.67 Å². The molecule has 0 aliphatic heterocycles. The lowest BCUT2D eigenvalue weighted by atomic mass is 10.0. The fraction of sp³-hybridized carbons (Fsp3) is 0.333. The number of carboxylic acid groups (broad SMARTS) is 1. The van der Waals surface area contributed by atoms with Crippen molar-refractivity contribution in [3.8, 4) is 0 Å². The van der Waals surface area contributed by atoms with E-state index in [1.165, 1.54) is 16.7 Å². The van der Waals surface area contributed by atoms with Gasteiger partial charge in [0.2, 0.25) is 0 Å². The first-order chi connectivity index (χ1) is 9.15. The molecule has 0 saturated heterocycles. The first-order valence-electron chi connectivity index (χ1n) is 6.43. The Balaban J connectivity index is 1.77. The summed E-state index contributed by atoms with van der Waals surface area (Å²) < 4.78 is 2.02. The van der Waals surface area contributed by atoms with E-state index < -0.39 is 5.97 Å². The van der Waals surface area contributed by atoms with Gasteiger partial charge in [-0.1, -0.05) is 18.2 Å². The van der Waals surface area contributed by atoms with Gasteiger partial charge in [0.15, 0.2) is 0 Å². The molecular formula is C15H16N2O2. The molecule has 0 unspecified atom stereocenters. The SMILES string of the molecule is Cc1cc(Cn2ccnc2)ccc1[C@@H]1C[C@H]1C(=O)O. The molecule has 19 heavy (non-hydrogen) atoms. The van der Waals surface area contributed by atoms with Crippen LogP contribution < -0.4 is 0 Å². The molecule has 0 spiro atoms. The van der Waals surface area contributed by atoms with Crippen molar-refractivity contribution in [1.29, 1.82) is 0 Å². The number of hydrogen-bond acceptors (Lipinski definition) is 2. The van der Waals surface area contributed by atoms with Gasteiger partial charge in [-0.15, -0.1) is 0 Å². The molecule has 0 radical (unpaired) electrons. The van der Waals surface area contributed by atoms with Gasteiger partial charge in [0.1, 0.15) is 0 Å². The Morgan fingerprint density at radius 2 is 2.37 bits per heavy atom. The molecule has 1 saturated carbocycles. The average molecular weight is 256 g/mol. The van der Waals surface area contributed by atoms with Gasteiger partial charge in [-0.05, 0) is 36.0 Å². The van der Waals surface area contributed by atoms with Crippen molar-refractivity contribution < 1.29 is 9.90 Å². The lowest BCUT2D eigenvalue weighted by Gasteiger charge is -2.08. The quantitative estimate of drug-likeness (QED) is 0.914. The number of aryl methyl sites for hydroxylation is 1. The number of nitrogens with zero attached hydrogens (tertiary/aromatic N) is 2. The smallest absolute Gasteiger partial charge is 0.307 e. The largest absolute Gasteiger partial charge is 0.481 e. The zero-order chi connectivity index (χ0) is 13.4. The second kappa shape index (κ2) is 4.53. The predicted molar refractivity (Wildman–Crippen MR) is 71.0 cm³/mol. The molecule has 0 amide bonds. The minimum Gasteiger partial charge on any atom is -0.481 e. The third-order valence-electron chi connectivity index (χ3n) is 3.77. The molecule has 98 valence electrons. The summed E-state index contributed by atoms with van der Waals surface area (Å²) in [6.07, 6.45) is 6.27. The van der Waals surface area contributed by atoms with E-state index in [0.717, 1.165) is 13.0 Å². The lowest BCUT2D eigenvalue weighted by molar-refractivity contribution is -0.138. The molecule has 0 bridgehead atoms.